The zero-order valence-corrected chi connectivity index (χ0v) is 7.42. The molecule has 0 spiro atoms. The Morgan fingerprint density at radius 3 is 1.09 bits per heavy atom. The van der Waals surface area contributed by atoms with E-state index in [0.29, 0.717) is 0 Å². The molecule has 0 aromatic carbocycles. The molecule has 0 amide bonds. The molecule has 8 N–H and O–H groups in total. The first-order chi connectivity index (χ1) is 2.00. The van der Waals surface area contributed by atoms with Gasteiger partial charge < -0.3 is 41.2 Å². The Balaban J connectivity index is -0.00000000533. The molecule has 0 bridgehead atoms. The van der Waals surface area contributed by atoms with Crippen molar-refractivity contribution in [2.24, 2.45) is 0 Å². The summed E-state index contributed by atoms with van der Waals surface area (Å²) in [7, 11) is -5.14. The van der Waals surface area contributed by atoms with E-state index < -0.39 is 7.82 Å². The van der Waals surface area contributed by atoms with Crippen LogP contribution in [-0.4, -0.2) is 26.8 Å². The van der Waals surface area contributed by atoms with Crippen LogP contribution in [0.3, 0.4) is 0 Å². The molecule has 11 heavy (non-hydrogen) atoms. The van der Waals surface area contributed by atoms with Crippen molar-refractivity contribution >= 4 is 7.82 Å². The van der Waals surface area contributed by atoms with Crippen LogP contribution < -0.4 is 28.6 Å². The van der Waals surface area contributed by atoms with Crippen LogP contribution in [0.1, 0.15) is 0 Å². The normalized spacial score (nSPS) is 5.36. The molecular weight excluding hydrogens is 222 g/mol. The third-order valence-electron chi connectivity index (χ3n) is 0. The Labute approximate surface area is 85.1 Å². The minimum Gasteiger partial charge on any atom is -0.870 e. The van der Waals surface area contributed by atoms with Crippen LogP contribution in [-0.2, 0) is 21.6 Å². The van der Waals surface area contributed by atoms with Gasteiger partial charge in [0.05, 0.1) is 7.82 Å². The quantitative estimate of drug-likeness (QED) is 0.316. The largest absolute Gasteiger partial charge is 2.00 e. The first-order valence-corrected chi connectivity index (χ1v) is 2.24. The second-order valence-corrected chi connectivity index (χ2v) is 1.41. The van der Waals surface area contributed by atoms with Crippen LogP contribution >= 0.6 is 7.82 Å². The van der Waals surface area contributed by atoms with Crippen molar-refractivity contribution in [1.82, 2.24) is 0 Å². The van der Waals surface area contributed by atoms with Crippen LogP contribution in [0.5, 0.6) is 0 Å². The van der Waals surface area contributed by atoms with Gasteiger partial charge in [0, 0.05) is 0 Å². The van der Waals surface area contributed by atoms with Gasteiger partial charge in [0.25, 0.3) is 0 Å². The number of rotatable bonds is 0. The van der Waals surface area contributed by atoms with Gasteiger partial charge in [0.2, 0.25) is 0 Å². The molecule has 0 fully saturated rings. The van der Waals surface area contributed by atoms with Gasteiger partial charge in [-0.05, 0) is 0 Å². The van der Waals surface area contributed by atoms with Crippen molar-refractivity contribution in [2.75, 3.05) is 0 Å². The fourth-order valence-electron chi connectivity index (χ4n) is 0. The van der Waals surface area contributed by atoms with E-state index in [2.05, 4.69) is 0 Å². The molecule has 0 atom stereocenters. The summed E-state index contributed by atoms with van der Waals surface area (Å²) in [5.41, 5.74) is 0. The summed E-state index contributed by atoms with van der Waals surface area (Å²) >= 11 is 0. The number of hydrogen-bond donors (Lipinski definition) is 1. The molecule has 0 rings (SSSR count). The SMILES string of the molecule is O.O.O.O=P([O-])([O-])O.[Fe+2].[Li+].[OH-]. The molecule has 70 valence electrons. The molecule has 0 aliphatic heterocycles. The van der Waals surface area contributed by atoms with Gasteiger partial charge in [-0.15, -0.1) is 0 Å². The molecule has 0 unspecified atom stereocenters. The Morgan fingerprint density at radius 1 is 1.09 bits per heavy atom. The van der Waals surface area contributed by atoms with E-state index >= 15 is 0 Å². The number of phosphoric acid groups is 1. The minimum atomic E-state index is -5.14. The molecule has 0 aliphatic rings. The molecular formula is H8FeLiO8P. The Hall–Kier alpha value is 1.07. The maximum absolute atomic E-state index is 8.66. The van der Waals surface area contributed by atoms with Crippen LogP contribution in [0.25, 0.3) is 0 Å². The average molecular weight is 230 g/mol. The molecule has 0 saturated carbocycles. The zero-order chi connectivity index (χ0) is 4.50. The van der Waals surface area contributed by atoms with Crippen molar-refractivity contribution in [1.29, 1.82) is 0 Å². The van der Waals surface area contributed by atoms with E-state index in [0.717, 1.165) is 0 Å². The van der Waals surface area contributed by atoms with Crippen molar-refractivity contribution in [3.8, 4) is 0 Å². The van der Waals surface area contributed by atoms with E-state index in [1.807, 2.05) is 0 Å². The van der Waals surface area contributed by atoms with Gasteiger partial charge in [-0.2, -0.15) is 0 Å². The Kier molecular flexibility index (Phi) is 118. The van der Waals surface area contributed by atoms with Crippen LogP contribution in [0.4, 0.5) is 0 Å². The molecule has 0 radical (unpaired) electrons. The summed E-state index contributed by atoms with van der Waals surface area (Å²) in [4.78, 5) is 24.3. The van der Waals surface area contributed by atoms with E-state index in [1.54, 1.807) is 0 Å². The third kappa shape index (κ3) is 799. The molecule has 11 heteroatoms. The minimum absolute atomic E-state index is 0. The van der Waals surface area contributed by atoms with Gasteiger partial charge >= 0.3 is 35.9 Å². The summed E-state index contributed by atoms with van der Waals surface area (Å²) in [5, 5.41) is 0. The fourth-order valence-corrected chi connectivity index (χ4v) is 0. The molecule has 0 saturated heterocycles. The van der Waals surface area contributed by atoms with Crippen molar-refractivity contribution in [3.63, 3.8) is 0 Å². The number of hydrogen-bond acceptors (Lipinski definition) is 4. The Morgan fingerprint density at radius 2 is 1.09 bits per heavy atom. The zero-order valence-electron chi connectivity index (χ0n) is 5.42. The maximum Gasteiger partial charge on any atom is 2.00 e. The van der Waals surface area contributed by atoms with Gasteiger partial charge in [-0.1, -0.05) is 0 Å². The molecule has 0 aromatic heterocycles. The van der Waals surface area contributed by atoms with Crippen molar-refractivity contribution in [3.05, 3.63) is 0 Å². The second-order valence-electron chi connectivity index (χ2n) is 0.469. The van der Waals surface area contributed by atoms with Gasteiger partial charge in [-0.25, -0.2) is 0 Å². The molecule has 0 aromatic rings. The fraction of sp³-hybridized carbons (Fsp3) is 0. The third-order valence-corrected chi connectivity index (χ3v) is 0. The van der Waals surface area contributed by atoms with Crippen molar-refractivity contribution in [2.45, 2.75) is 0 Å². The standard InChI is InChI=1S/Fe.Li.H3O4P.4H2O/c;;1-5(2,3)4;;;;/h;;(H3,1,2,3,4);4*1H2/q+2;+1;;;;;/p-3. The average Bonchev–Trinajstić information content (AvgIpc) is 0.722. The van der Waals surface area contributed by atoms with Crippen LogP contribution in [0.15, 0.2) is 0 Å². The monoisotopic (exact) mass is 230 g/mol. The topological polar surface area (TPSA) is 208 Å². The molecule has 8 nitrogen and oxygen atoms in total. The first kappa shape index (κ1) is 57.6. The summed E-state index contributed by atoms with van der Waals surface area (Å²) < 4.78 is 8.66. The summed E-state index contributed by atoms with van der Waals surface area (Å²) in [6.07, 6.45) is 0. The van der Waals surface area contributed by atoms with E-state index in [9.17, 15) is 0 Å². The van der Waals surface area contributed by atoms with E-state index in [-0.39, 0.29) is 57.8 Å². The van der Waals surface area contributed by atoms with Gasteiger partial charge in [-0.3, -0.25) is 0 Å². The summed E-state index contributed by atoms with van der Waals surface area (Å²) in [6, 6.07) is 0. The van der Waals surface area contributed by atoms with Crippen LogP contribution in [0.2, 0.25) is 0 Å². The second kappa shape index (κ2) is 22.5. The maximum atomic E-state index is 8.66. The molecule has 0 heterocycles. The smallest absolute Gasteiger partial charge is 0.870 e. The van der Waals surface area contributed by atoms with Crippen LogP contribution in [0, 0.1) is 0 Å². The first-order valence-electron chi connectivity index (χ1n) is 0.748. The summed E-state index contributed by atoms with van der Waals surface area (Å²) in [5.74, 6) is 0. The van der Waals surface area contributed by atoms with Gasteiger partial charge in [0.1, 0.15) is 0 Å². The summed E-state index contributed by atoms with van der Waals surface area (Å²) in [6.45, 7) is 0. The van der Waals surface area contributed by atoms with E-state index in [4.69, 9.17) is 19.2 Å². The van der Waals surface area contributed by atoms with E-state index in [1.165, 1.54) is 0 Å². The predicted octanol–water partition coefficient (Wildman–Crippen LogP) is -7.84. The Bertz CT molecular complexity index is 60.2. The molecule has 0 aliphatic carbocycles. The predicted molar refractivity (Wildman–Crippen MR) is 22.6 cm³/mol. The van der Waals surface area contributed by atoms with Crippen molar-refractivity contribution < 1.29 is 77.1 Å². The van der Waals surface area contributed by atoms with Gasteiger partial charge in [0.15, 0.2) is 0 Å².